The lowest BCUT2D eigenvalue weighted by atomic mass is 10.1. The first kappa shape index (κ1) is 11.6. The Balaban J connectivity index is 1.90. The van der Waals surface area contributed by atoms with E-state index in [1.807, 2.05) is 0 Å². The largest absolute Gasteiger partial charge is 0.481 e. The molecule has 0 radical (unpaired) electrons. The molecule has 1 fully saturated rings. The SMILES string of the molecule is Cc1cc(C(=O)N[C@H]2CC[C@@H](C(=O)O)C2)on1. The molecule has 1 heterocycles. The predicted molar refractivity (Wildman–Crippen MR) is 57.5 cm³/mol. The second kappa shape index (κ2) is 4.57. The number of rotatable bonds is 3. The van der Waals surface area contributed by atoms with E-state index in [0.29, 0.717) is 25.0 Å². The fourth-order valence-electron chi connectivity index (χ4n) is 2.06. The number of hydrogen-bond acceptors (Lipinski definition) is 4. The van der Waals surface area contributed by atoms with Crippen LogP contribution in [-0.2, 0) is 4.79 Å². The van der Waals surface area contributed by atoms with Crippen molar-refractivity contribution in [1.29, 1.82) is 0 Å². The third kappa shape index (κ3) is 2.64. The van der Waals surface area contributed by atoms with Gasteiger partial charge >= 0.3 is 5.97 Å². The molecule has 0 unspecified atom stereocenters. The molecule has 2 rings (SSSR count). The second-order valence-electron chi connectivity index (χ2n) is 4.35. The van der Waals surface area contributed by atoms with Crippen molar-refractivity contribution < 1.29 is 19.2 Å². The Labute approximate surface area is 98.0 Å². The number of aromatic nitrogens is 1. The molecular weight excluding hydrogens is 224 g/mol. The molecule has 1 saturated carbocycles. The molecule has 92 valence electrons. The van der Waals surface area contributed by atoms with Gasteiger partial charge in [-0.3, -0.25) is 9.59 Å². The smallest absolute Gasteiger partial charge is 0.306 e. The number of amides is 1. The molecule has 0 bridgehead atoms. The summed E-state index contributed by atoms with van der Waals surface area (Å²) in [6, 6.07) is 1.47. The number of aryl methyl sites for hydroxylation is 1. The van der Waals surface area contributed by atoms with Crippen LogP contribution in [-0.4, -0.2) is 28.2 Å². The molecule has 2 N–H and O–H groups in total. The summed E-state index contributed by atoms with van der Waals surface area (Å²) in [5.74, 6) is -1.31. The minimum Gasteiger partial charge on any atom is -0.481 e. The minimum absolute atomic E-state index is 0.0889. The maximum absolute atomic E-state index is 11.7. The number of carbonyl (C=O) groups excluding carboxylic acids is 1. The second-order valence-corrected chi connectivity index (χ2v) is 4.35. The highest BCUT2D eigenvalue weighted by Gasteiger charge is 2.31. The molecule has 1 amide bonds. The maximum Gasteiger partial charge on any atom is 0.306 e. The first-order valence-corrected chi connectivity index (χ1v) is 5.53. The highest BCUT2D eigenvalue weighted by molar-refractivity contribution is 5.91. The highest BCUT2D eigenvalue weighted by atomic mass is 16.5. The third-order valence-corrected chi connectivity index (χ3v) is 2.97. The van der Waals surface area contributed by atoms with Crippen LogP contribution >= 0.6 is 0 Å². The van der Waals surface area contributed by atoms with E-state index in [1.54, 1.807) is 13.0 Å². The van der Waals surface area contributed by atoms with Crippen LogP contribution < -0.4 is 5.32 Å². The quantitative estimate of drug-likeness (QED) is 0.818. The van der Waals surface area contributed by atoms with Crippen molar-refractivity contribution in [3.63, 3.8) is 0 Å². The number of aliphatic carboxylic acids is 1. The van der Waals surface area contributed by atoms with E-state index in [0.717, 1.165) is 0 Å². The van der Waals surface area contributed by atoms with Crippen molar-refractivity contribution in [2.45, 2.75) is 32.2 Å². The van der Waals surface area contributed by atoms with Crippen molar-refractivity contribution in [1.82, 2.24) is 10.5 Å². The number of carboxylic acids is 1. The number of nitrogens with one attached hydrogen (secondary N) is 1. The van der Waals surface area contributed by atoms with E-state index < -0.39 is 5.97 Å². The summed E-state index contributed by atoms with van der Waals surface area (Å²) in [7, 11) is 0. The first-order chi connectivity index (χ1) is 8.06. The van der Waals surface area contributed by atoms with Gasteiger partial charge in [-0.25, -0.2) is 0 Å². The van der Waals surface area contributed by atoms with E-state index in [1.165, 1.54) is 0 Å². The van der Waals surface area contributed by atoms with E-state index in [-0.39, 0.29) is 23.6 Å². The van der Waals surface area contributed by atoms with Gasteiger partial charge < -0.3 is 14.9 Å². The number of carbonyl (C=O) groups is 2. The summed E-state index contributed by atoms with van der Waals surface area (Å²) in [6.07, 6.45) is 1.78. The Hall–Kier alpha value is -1.85. The molecule has 6 heteroatoms. The van der Waals surface area contributed by atoms with Gasteiger partial charge in [0, 0.05) is 12.1 Å². The van der Waals surface area contributed by atoms with Gasteiger partial charge in [0.15, 0.2) is 0 Å². The van der Waals surface area contributed by atoms with Gasteiger partial charge in [-0.2, -0.15) is 0 Å². The van der Waals surface area contributed by atoms with Crippen molar-refractivity contribution in [2.24, 2.45) is 5.92 Å². The summed E-state index contributed by atoms with van der Waals surface area (Å²) in [4.78, 5) is 22.5. The van der Waals surface area contributed by atoms with Crippen molar-refractivity contribution in [3.8, 4) is 0 Å². The fourth-order valence-corrected chi connectivity index (χ4v) is 2.06. The van der Waals surface area contributed by atoms with Crippen molar-refractivity contribution in [3.05, 3.63) is 17.5 Å². The zero-order valence-electron chi connectivity index (χ0n) is 9.47. The molecular formula is C11H14N2O4. The van der Waals surface area contributed by atoms with Crippen molar-refractivity contribution in [2.75, 3.05) is 0 Å². The van der Waals surface area contributed by atoms with E-state index in [4.69, 9.17) is 9.63 Å². The van der Waals surface area contributed by atoms with Gasteiger partial charge in [-0.1, -0.05) is 5.16 Å². The third-order valence-electron chi connectivity index (χ3n) is 2.97. The van der Waals surface area contributed by atoms with Gasteiger partial charge in [0.25, 0.3) is 5.91 Å². The average Bonchev–Trinajstić information content (AvgIpc) is 2.86. The molecule has 1 aromatic rings. The molecule has 0 spiro atoms. The van der Waals surface area contributed by atoms with Crippen LogP contribution in [0.4, 0.5) is 0 Å². The molecule has 0 saturated heterocycles. The zero-order valence-corrected chi connectivity index (χ0v) is 9.47. The van der Waals surface area contributed by atoms with E-state index in [9.17, 15) is 9.59 Å². The normalized spacial score (nSPS) is 23.6. The summed E-state index contributed by atoms with van der Waals surface area (Å²) < 4.78 is 4.83. The summed E-state index contributed by atoms with van der Waals surface area (Å²) >= 11 is 0. The van der Waals surface area contributed by atoms with Crippen LogP contribution in [0.3, 0.4) is 0 Å². The van der Waals surface area contributed by atoms with Crippen molar-refractivity contribution >= 4 is 11.9 Å². The van der Waals surface area contributed by atoms with Gasteiger partial charge in [0.2, 0.25) is 5.76 Å². The molecule has 0 aliphatic heterocycles. The standard InChI is InChI=1S/C11H14N2O4/c1-6-4-9(17-13-6)10(14)12-8-3-2-7(5-8)11(15)16/h4,7-8H,2-3,5H2,1H3,(H,12,14)(H,15,16)/t7-,8+/m1/s1. The van der Waals surface area contributed by atoms with Gasteiger partial charge in [0.1, 0.15) is 0 Å². The van der Waals surface area contributed by atoms with Crippen LogP contribution in [0.5, 0.6) is 0 Å². The van der Waals surface area contributed by atoms with Crippen LogP contribution in [0.15, 0.2) is 10.6 Å². The van der Waals surface area contributed by atoms with E-state index >= 15 is 0 Å². The number of carboxylic acid groups (broad SMARTS) is 1. The van der Waals surface area contributed by atoms with Crippen LogP contribution in [0.25, 0.3) is 0 Å². The highest BCUT2D eigenvalue weighted by Crippen LogP contribution is 2.25. The van der Waals surface area contributed by atoms with Crippen LogP contribution in [0.1, 0.15) is 35.5 Å². The minimum atomic E-state index is -0.794. The fraction of sp³-hybridized carbons (Fsp3) is 0.545. The molecule has 1 aliphatic rings. The predicted octanol–water partition coefficient (Wildman–Crippen LogP) is 0.966. The van der Waals surface area contributed by atoms with E-state index in [2.05, 4.69) is 10.5 Å². The Bertz CT molecular complexity index is 440. The van der Waals surface area contributed by atoms with Gasteiger partial charge in [-0.15, -0.1) is 0 Å². The lowest BCUT2D eigenvalue weighted by Gasteiger charge is -2.10. The Morgan fingerprint density at radius 2 is 2.29 bits per heavy atom. The van der Waals surface area contributed by atoms with Gasteiger partial charge in [-0.05, 0) is 26.2 Å². The molecule has 2 atom stereocenters. The Kier molecular flexibility index (Phi) is 3.12. The Morgan fingerprint density at radius 3 is 2.82 bits per heavy atom. The lowest BCUT2D eigenvalue weighted by Crippen LogP contribution is -2.33. The monoisotopic (exact) mass is 238 g/mol. The topological polar surface area (TPSA) is 92.4 Å². The summed E-state index contributed by atoms with van der Waals surface area (Å²) in [6.45, 7) is 1.73. The summed E-state index contributed by atoms with van der Waals surface area (Å²) in [5.41, 5.74) is 0.644. The average molecular weight is 238 g/mol. The molecule has 6 nitrogen and oxygen atoms in total. The number of nitrogens with zero attached hydrogens (tertiary/aromatic N) is 1. The van der Waals surface area contributed by atoms with Crippen LogP contribution in [0, 0.1) is 12.8 Å². The number of hydrogen-bond donors (Lipinski definition) is 2. The summed E-state index contributed by atoms with van der Waals surface area (Å²) in [5, 5.41) is 15.2. The van der Waals surface area contributed by atoms with Crippen LogP contribution in [0.2, 0.25) is 0 Å². The molecule has 0 aromatic carbocycles. The zero-order chi connectivity index (χ0) is 12.4. The molecule has 1 aromatic heterocycles. The Morgan fingerprint density at radius 1 is 1.53 bits per heavy atom. The van der Waals surface area contributed by atoms with Gasteiger partial charge in [0.05, 0.1) is 11.6 Å². The maximum atomic E-state index is 11.7. The molecule has 17 heavy (non-hydrogen) atoms. The first-order valence-electron chi connectivity index (χ1n) is 5.53. The molecule has 1 aliphatic carbocycles. The lowest BCUT2D eigenvalue weighted by molar-refractivity contribution is -0.141.